The lowest BCUT2D eigenvalue weighted by Gasteiger charge is -2.08. The lowest BCUT2D eigenvalue weighted by atomic mass is 10.3. The molecule has 0 unspecified atom stereocenters. The van der Waals surface area contributed by atoms with Gasteiger partial charge in [0, 0.05) is 17.4 Å². The molecule has 0 fully saturated rings. The van der Waals surface area contributed by atoms with E-state index in [9.17, 15) is 10.0 Å². The molecule has 0 saturated carbocycles. The molecule has 0 aliphatic rings. The van der Waals surface area contributed by atoms with Gasteiger partial charge in [0.25, 0.3) is 0 Å². The summed E-state index contributed by atoms with van der Waals surface area (Å²) < 4.78 is 5.79. The first-order valence-corrected chi connectivity index (χ1v) is 5.87. The zero-order chi connectivity index (χ0) is 10.1. The van der Waals surface area contributed by atoms with Gasteiger partial charge in [-0.25, -0.2) is 0 Å². The van der Waals surface area contributed by atoms with Crippen LogP contribution in [0.5, 0.6) is 0 Å². The molecule has 0 aliphatic heterocycles. The fourth-order valence-electron chi connectivity index (χ4n) is 0.703. The summed E-state index contributed by atoms with van der Waals surface area (Å²) in [5.41, 5.74) is 0. The van der Waals surface area contributed by atoms with Crippen LogP contribution < -0.4 is 0 Å². The molecular formula is C8H15INO3. The molecule has 0 rings (SSSR count). The Bertz CT molecular complexity index is 143. The molecule has 0 aromatic rings. The van der Waals surface area contributed by atoms with Gasteiger partial charge in [0.05, 0.1) is 6.54 Å². The van der Waals surface area contributed by atoms with Crippen molar-refractivity contribution in [2.24, 2.45) is 0 Å². The highest BCUT2D eigenvalue weighted by Crippen LogP contribution is 1.96. The first-order valence-electron chi connectivity index (χ1n) is 4.34. The predicted octanol–water partition coefficient (Wildman–Crippen LogP) is 1.41. The molecule has 0 aromatic heterocycles. The van der Waals surface area contributed by atoms with Crippen molar-refractivity contribution in [1.29, 1.82) is 0 Å². The molecule has 13 heavy (non-hydrogen) atoms. The summed E-state index contributed by atoms with van der Waals surface area (Å²) in [5.74, 6) is -0.207. The van der Waals surface area contributed by atoms with Crippen LogP contribution in [0, 0.1) is 0 Å². The van der Waals surface area contributed by atoms with E-state index < -0.39 is 0 Å². The van der Waals surface area contributed by atoms with E-state index in [1.807, 2.05) is 0 Å². The topological polar surface area (TPSA) is 49.4 Å². The standard InChI is InChI=1S/C8H15INO3/c1-2-10(12)6-7-13-8(11)4-3-5-9/h2-7H2,1H3. The summed E-state index contributed by atoms with van der Waals surface area (Å²) >= 11 is 2.21. The van der Waals surface area contributed by atoms with Crippen LogP contribution in [0.2, 0.25) is 0 Å². The number of esters is 1. The van der Waals surface area contributed by atoms with E-state index >= 15 is 0 Å². The Balaban J connectivity index is 3.26. The van der Waals surface area contributed by atoms with Crippen molar-refractivity contribution in [3.05, 3.63) is 0 Å². The van der Waals surface area contributed by atoms with Gasteiger partial charge < -0.3 is 4.74 Å². The third kappa shape index (κ3) is 8.45. The van der Waals surface area contributed by atoms with E-state index in [0.29, 0.717) is 13.0 Å². The molecule has 0 aromatic carbocycles. The first-order chi connectivity index (χ1) is 6.20. The SMILES string of the molecule is CCN([O])CCOC(=O)CCCI. The van der Waals surface area contributed by atoms with Crippen LogP contribution >= 0.6 is 22.6 Å². The Morgan fingerprint density at radius 1 is 1.54 bits per heavy atom. The summed E-state index contributed by atoms with van der Waals surface area (Å²) in [4.78, 5) is 10.9. The second-order valence-electron chi connectivity index (χ2n) is 2.53. The Morgan fingerprint density at radius 2 is 2.23 bits per heavy atom. The number of carbonyl (C=O) groups excluding carboxylic acids is 1. The monoisotopic (exact) mass is 300 g/mol. The van der Waals surface area contributed by atoms with E-state index in [1.54, 1.807) is 6.92 Å². The third-order valence-corrected chi connectivity index (χ3v) is 2.23. The van der Waals surface area contributed by atoms with Crippen molar-refractivity contribution < 1.29 is 14.7 Å². The quantitative estimate of drug-likeness (QED) is 0.309. The summed E-state index contributed by atoms with van der Waals surface area (Å²) in [6, 6.07) is 0. The van der Waals surface area contributed by atoms with Crippen LogP contribution in [0.3, 0.4) is 0 Å². The van der Waals surface area contributed by atoms with Crippen molar-refractivity contribution >= 4 is 28.6 Å². The second kappa shape index (κ2) is 8.71. The summed E-state index contributed by atoms with van der Waals surface area (Å²) in [6.07, 6.45) is 1.29. The molecule has 0 spiro atoms. The lowest BCUT2D eigenvalue weighted by Crippen LogP contribution is -2.23. The van der Waals surface area contributed by atoms with Gasteiger partial charge in [-0.05, 0) is 13.3 Å². The van der Waals surface area contributed by atoms with E-state index in [4.69, 9.17) is 4.74 Å². The van der Waals surface area contributed by atoms with Gasteiger partial charge >= 0.3 is 5.97 Å². The van der Waals surface area contributed by atoms with Crippen molar-refractivity contribution in [2.45, 2.75) is 19.8 Å². The summed E-state index contributed by atoms with van der Waals surface area (Å²) in [7, 11) is 0. The summed E-state index contributed by atoms with van der Waals surface area (Å²) in [6.45, 7) is 2.68. The van der Waals surface area contributed by atoms with E-state index in [-0.39, 0.29) is 19.1 Å². The number of rotatable bonds is 7. The largest absolute Gasteiger partial charge is 0.464 e. The van der Waals surface area contributed by atoms with Crippen LogP contribution in [0.1, 0.15) is 19.8 Å². The van der Waals surface area contributed by atoms with Crippen molar-refractivity contribution in [2.75, 3.05) is 24.1 Å². The third-order valence-electron chi connectivity index (χ3n) is 1.47. The molecule has 0 bridgehead atoms. The molecule has 77 valence electrons. The molecule has 1 radical (unpaired) electrons. The molecular weight excluding hydrogens is 285 g/mol. The highest BCUT2D eigenvalue weighted by Gasteiger charge is 2.03. The number of hydrogen-bond acceptors (Lipinski definition) is 3. The van der Waals surface area contributed by atoms with Gasteiger partial charge in [-0.15, -0.1) is 5.21 Å². The fraction of sp³-hybridized carbons (Fsp3) is 0.875. The average molecular weight is 300 g/mol. The normalized spacial score (nSPS) is 10.5. The number of hydroxylamine groups is 2. The number of nitrogens with zero attached hydrogens (tertiary/aromatic N) is 1. The van der Waals surface area contributed by atoms with Crippen molar-refractivity contribution in [3.8, 4) is 0 Å². The van der Waals surface area contributed by atoms with Crippen molar-refractivity contribution in [1.82, 2.24) is 5.06 Å². The van der Waals surface area contributed by atoms with E-state index in [1.165, 1.54) is 0 Å². The Morgan fingerprint density at radius 3 is 2.77 bits per heavy atom. The highest BCUT2D eigenvalue weighted by molar-refractivity contribution is 14.1. The highest BCUT2D eigenvalue weighted by atomic mass is 127. The average Bonchev–Trinajstić information content (AvgIpc) is 2.14. The smallest absolute Gasteiger partial charge is 0.305 e. The summed E-state index contributed by atoms with van der Waals surface area (Å²) in [5, 5.41) is 11.6. The van der Waals surface area contributed by atoms with Crippen LogP contribution in [0.4, 0.5) is 0 Å². The Labute approximate surface area is 92.3 Å². The molecule has 0 heterocycles. The first kappa shape index (κ1) is 13.1. The van der Waals surface area contributed by atoms with Gasteiger partial charge in [0.1, 0.15) is 6.61 Å². The van der Waals surface area contributed by atoms with E-state index in [0.717, 1.165) is 15.9 Å². The number of likely N-dealkylation sites (N-methyl/N-ethyl adjacent to an activating group) is 1. The number of carbonyl (C=O) groups is 1. The van der Waals surface area contributed by atoms with Gasteiger partial charge in [0.15, 0.2) is 0 Å². The van der Waals surface area contributed by atoms with E-state index in [2.05, 4.69) is 22.6 Å². The lowest BCUT2D eigenvalue weighted by molar-refractivity contribution is -0.168. The van der Waals surface area contributed by atoms with Gasteiger partial charge in [-0.3, -0.25) is 4.79 Å². The number of hydrogen-bond donors (Lipinski definition) is 0. The van der Waals surface area contributed by atoms with Gasteiger partial charge in [-0.2, -0.15) is 5.06 Å². The number of halogens is 1. The number of alkyl halides is 1. The van der Waals surface area contributed by atoms with Crippen LogP contribution in [-0.2, 0) is 14.7 Å². The maximum Gasteiger partial charge on any atom is 0.305 e. The second-order valence-corrected chi connectivity index (χ2v) is 3.61. The number of ether oxygens (including phenoxy) is 1. The minimum absolute atomic E-state index is 0.206. The molecule has 0 saturated heterocycles. The molecule has 0 atom stereocenters. The molecule has 4 nitrogen and oxygen atoms in total. The maximum atomic E-state index is 10.9. The minimum atomic E-state index is -0.207. The predicted molar refractivity (Wildman–Crippen MR) is 57.0 cm³/mol. The van der Waals surface area contributed by atoms with Gasteiger partial charge in [0.2, 0.25) is 0 Å². The van der Waals surface area contributed by atoms with Crippen LogP contribution in [-0.4, -0.2) is 35.2 Å². The molecule has 0 aliphatic carbocycles. The van der Waals surface area contributed by atoms with Gasteiger partial charge in [-0.1, -0.05) is 22.6 Å². The zero-order valence-corrected chi connectivity index (χ0v) is 9.95. The molecule has 5 heteroatoms. The van der Waals surface area contributed by atoms with Crippen LogP contribution in [0.15, 0.2) is 0 Å². The maximum absolute atomic E-state index is 10.9. The minimum Gasteiger partial charge on any atom is -0.464 e. The molecule has 0 amide bonds. The van der Waals surface area contributed by atoms with Crippen LogP contribution in [0.25, 0.3) is 0 Å². The van der Waals surface area contributed by atoms with Crippen molar-refractivity contribution in [3.63, 3.8) is 0 Å². The Hall–Kier alpha value is 0.120. The molecule has 0 N–H and O–H groups in total. The fourth-order valence-corrected chi connectivity index (χ4v) is 1.08. The zero-order valence-electron chi connectivity index (χ0n) is 7.79. The Kier molecular flexibility index (Phi) is 8.79.